The van der Waals surface area contributed by atoms with Crippen LogP contribution in [0, 0.1) is 5.92 Å². The van der Waals surface area contributed by atoms with Crippen LogP contribution in [0.3, 0.4) is 0 Å². The van der Waals surface area contributed by atoms with Crippen LogP contribution in [0.1, 0.15) is 44.1 Å². The van der Waals surface area contributed by atoms with Crippen molar-refractivity contribution in [2.75, 3.05) is 0 Å². The number of hydrogen-bond donors (Lipinski definition) is 1. The minimum Gasteiger partial charge on any atom is -0.507 e. The van der Waals surface area contributed by atoms with Crippen LogP contribution >= 0.6 is 0 Å². The average molecular weight is 266 g/mol. The first-order chi connectivity index (χ1) is 9.77. The van der Waals surface area contributed by atoms with Crippen molar-refractivity contribution in [3.8, 4) is 16.9 Å². The molecule has 0 aromatic heterocycles. The number of phenolic OH excluding ortho intramolecular Hbond substituents is 1. The van der Waals surface area contributed by atoms with Crippen LogP contribution in [0.5, 0.6) is 5.75 Å². The summed E-state index contributed by atoms with van der Waals surface area (Å²) in [4.78, 5) is 0. The summed E-state index contributed by atoms with van der Waals surface area (Å²) in [6.45, 7) is 2.26. The Morgan fingerprint density at radius 2 is 1.65 bits per heavy atom. The maximum absolute atomic E-state index is 10.7. The van der Waals surface area contributed by atoms with Crippen molar-refractivity contribution in [3.05, 3.63) is 54.1 Å². The van der Waals surface area contributed by atoms with E-state index in [1.54, 1.807) is 0 Å². The van der Waals surface area contributed by atoms with Gasteiger partial charge in [-0.15, -0.1) is 0 Å². The molecular weight excluding hydrogens is 244 g/mol. The van der Waals surface area contributed by atoms with E-state index in [1.165, 1.54) is 25.7 Å². The van der Waals surface area contributed by atoms with E-state index in [4.69, 9.17) is 0 Å². The van der Waals surface area contributed by atoms with Crippen molar-refractivity contribution in [1.82, 2.24) is 0 Å². The molecule has 1 N–H and O–H groups in total. The predicted octanol–water partition coefficient (Wildman–Crippen LogP) is 5.35. The van der Waals surface area contributed by atoms with E-state index in [9.17, 15) is 5.11 Å². The van der Waals surface area contributed by atoms with Crippen molar-refractivity contribution in [2.45, 2.75) is 38.5 Å². The zero-order valence-corrected chi connectivity index (χ0v) is 12.0. The molecule has 20 heavy (non-hydrogen) atoms. The first-order valence-electron chi connectivity index (χ1n) is 7.64. The number of benzene rings is 2. The molecule has 1 aliphatic rings. The Kier molecular flexibility index (Phi) is 3.77. The second-order valence-electron chi connectivity index (χ2n) is 5.94. The average Bonchev–Trinajstić information content (AvgIpc) is 3.02. The number of para-hydroxylation sites is 1. The maximum atomic E-state index is 10.7. The third-order valence-electron chi connectivity index (χ3n) is 4.75. The van der Waals surface area contributed by atoms with Gasteiger partial charge in [0, 0.05) is 5.56 Å². The maximum Gasteiger partial charge on any atom is 0.126 e. The molecule has 1 atom stereocenters. The quantitative estimate of drug-likeness (QED) is 0.793. The fraction of sp³-hybridized carbons (Fsp3) is 0.368. The summed E-state index contributed by atoms with van der Waals surface area (Å²) in [6, 6.07) is 16.3. The molecule has 1 nitrogen and oxygen atoms in total. The van der Waals surface area contributed by atoms with Gasteiger partial charge in [0.25, 0.3) is 0 Å². The summed E-state index contributed by atoms with van der Waals surface area (Å²) in [6.07, 6.45) is 5.29. The van der Waals surface area contributed by atoms with Crippen LogP contribution in [0.2, 0.25) is 0 Å². The van der Waals surface area contributed by atoms with Gasteiger partial charge in [0.05, 0.1) is 0 Å². The molecule has 1 aliphatic carbocycles. The number of phenols is 1. The fourth-order valence-corrected chi connectivity index (χ4v) is 3.49. The minimum absolute atomic E-state index is 0.446. The molecule has 1 unspecified atom stereocenters. The summed E-state index contributed by atoms with van der Waals surface area (Å²) >= 11 is 0. The van der Waals surface area contributed by atoms with Gasteiger partial charge in [0.1, 0.15) is 5.75 Å². The third kappa shape index (κ3) is 2.45. The molecule has 0 saturated heterocycles. The zero-order chi connectivity index (χ0) is 13.9. The smallest absolute Gasteiger partial charge is 0.126 e. The highest BCUT2D eigenvalue weighted by molar-refractivity contribution is 5.72. The molecule has 104 valence electrons. The molecule has 3 rings (SSSR count). The van der Waals surface area contributed by atoms with E-state index in [-0.39, 0.29) is 0 Å². The van der Waals surface area contributed by atoms with Gasteiger partial charge in [-0.1, -0.05) is 68.3 Å². The number of rotatable bonds is 3. The summed E-state index contributed by atoms with van der Waals surface area (Å²) < 4.78 is 0. The Hall–Kier alpha value is -1.76. The molecule has 0 aliphatic heterocycles. The van der Waals surface area contributed by atoms with Crippen molar-refractivity contribution >= 4 is 0 Å². The molecule has 1 heteroatoms. The summed E-state index contributed by atoms with van der Waals surface area (Å²) in [5, 5.41) is 10.7. The number of aromatic hydroxyl groups is 1. The highest BCUT2D eigenvalue weighted by Gasteiger charge is 2.25. The molecule has 2 aromatic carbocycles. The van der Waals surface area contributed by atoms with E-state index < -0.39 is 0 Å². The molecular formula is C19H22O. The third-order valence-corrected chi connectivity index (χ3v) is 4.75. The lowest BCUT2D eigenvalue weighted by Gasteiger charge is -2.21. The molecule has 0 amide bonds. The van der Waals surface area contributed by atoms with Gasteiger partial charge in [-0.25, -0.2) is 0 Å². The monoisotopic (exact) mass is 266 g/mol. The van der Waals surface area contributed by atoms with E-state index >= 15 is 0 Å². The molecule has 2 aromatic rings. The molecule has 0 bridgehead atoms. The second-order valence-corrected chi connectivity index (χ2v) is 5.94. The lowest BCUT2D eigenvalue weighted by molar-refractivity contribution is 0.423. The summed E-state index contributed by atoms with van der Waals surface area (Å²) in [5.74, 6) is 1.64. The molecule has 0 heterocycles. The zero-order valence-electron chi connectivity index (χ0n) is 12.0. The standard InChI is InChI=1S/C19H22O/c1-14(15-8-5-6-9-15)17-12-7-13-18(19(17)20)16-10-3-2-4-11-16/h2-4,7,10-15,20H,5-6,8-9H2,1H3. The Balaban J connectivity index is 1.97. The van der Waals surface area contributed by atoms with Crippen LogP contribution in [0.25, 0.3) is 11.1 Å². The van der Waals surface area contributed by atoms with Crippen molar-refractivity contribution in [3.63, 3.8) is 0 Å². The highest BCUT2D eigenvalue weighted by Crippen LogP contribution is 2.42. The highest BCUT2D eigenvalue weighted by atomic mass is 16.3. The van der Waals surface area contributed by atoms with Crippen LogP contribution in [0.15, 0.2) is 48.5 Å². The lowest BCUT2D eigenvalue weighted by Crippen LogP contribution is -2.06. The molecule has 0 spiro atoms. The Morgan fingerprint density at radius 1 is 0.950 bits per heavy atom. The van der Waals surface area contributed by atoms with E-state index in [0.29, 0.717) is 11.7 Å². The molecule has 1 saturated carbocycles. The predicted molar refractivity (Wildman–Crippen MR) is 83.9 cm³/mol. The Labute approximate surface area is 121 Å². The number of hydrogen-bond acceptors (Lipinski definition) is 1. The van der Waals surface area contributed by atoms with E-state index in [0.717, 1.165) is 22.6 Å². The summed E-state index contributed by atoms with van der Waals surface area (Å²) in [5.41, 5.74) is 3.15. The lowest BCUT2D eigenvalue weighted by atomic mass is 9.84. The Morgan fingerprint density at radius 3 is 2.35 bits per heavy atom. The van der Waals surface area contributed by atoms with Gasteiger partial charge in [-0.2, -0.15) is 0 Å². The van der Waals surface area contributed by atoms with Crippen LogP contribution in [-0.2, 0) is 0 Å². The van der Waals surface area contributed by atoms with Gasteiger partial charge in [-0.3, -0.25) is 0 Å². The van der Waals surface area contributed by atoms with Gasteiger partial charge < -0.3 is 5.11 Å². The fourth-order valence-electron chi connectivity index (χ4n) is 3.49. The summed E-state index contributed by atoms with van der Waals surface area (Å²) in [7, 11) is 0. The largest absolute Gasteiger partial charge is 0.507 e. The normalized spacial score (nSPS) is 17.2. The minimum atomic E-state index is 0.446. The SMILES string of the molecule is CC(c1cccc(-c2ccccc2)c1O)C1CCCC1. The second kappa shape index (κ2) is 5.70. The first-order valence-corrected chi connectivity index (χ1v) is 7.64. The van der Waals surface area contributed by atoms with Crippen molar-refractivity contribution < 1.29 is 5.11 Å². The van der Waals surface area contributed by atoms with Crippen LogP contribution in [0.4, 0.5) is 0 Å². The van der Waals surface area contributed by atoms with Crippen molar-refractivity contribution in [2.24, 2.45) is 5.92 Å². The van der Waals surface area contributed by atoms with Crippen LogP contribution in [-0.4, -0.2) is 5.11 Å². The van der Waals surface area contributed by atoms with Gasteiger partial charge >= 0.3 is 0 Å². The van der Waals surface area contributed by atoms with Crippen LogP contribution < -0.4 is 0 Å². The molecule has 0 radical (unpaired) electrons. The Bertz CT molecular complexity index is 568. The van der Waals surface area contributed by atoms with Gasteiger partial charge in [0.2, 0.25) is 0 Å². The van der Waals surface area contributed by atoms with Gasteiger partial charge in [0.15, 0.2) is 0 Å². The van der Waals surface area contributed by atoms with Crippen molar-refractivity contribution in [1.29, 1.82) is 0 Å². The van der Waals surface area contributed by atoms with E-state index in [1.807, 2.05) is 24.3 Å². The van der Waals surface area contributed by atoms with E-state index in [2.05, 4.69) is 31.2 Å². The van der Waals surface area contributed by atoms with Gasteiger partial charge in [-0.05, 0) is 35.8 Å². The topological polar surface area (TPSA) is 20.2 Å². The first kappa shape index (κ1) is 13.2. The molecule has 1 fully saturated rings.